The first-order valence-corrected chi connectivity index (χ1v) is 5.24. The van der Waals surface area contributed by atoms with E-state index >= 15 is 0 Å². The number of carboxylic acid groups (broad SMARTS) is 1. The van der Waals surface area contributed by atoms with E-state index < -0.39 is 16.9 Å². The molecule has 0 spiro atoms. The van der Waals surface area contributed by atoms with Gasteiger partial charge in [-0.15, -0.1) is 10.2 Å². The van der Waals surface area contributed by atoms with Crippen LogP contribution in [0, 0.1) is 10.1 Å². The van der Waals surface area contributed by atoms with E-state index in [9.17, 15) is 20.0 Å². The van der Waals surface area contributed by atoms with Crippen LogP contribution in [-0.4, -0.2) is 31.1 Å². The summed E-state index contributed by atoms with van der Waals surface area (Å²) in [6.45, 7) is 1.36. The quantitative estimate of drug-likeness (QED) is 0.539. The zero-order valence-electron chi connectivity index (χ0n) is 9.76. The molecule has 9 heteroatoms. The van der Waals surface area contributed by atoms with E-state index in [1.807, 2.05) is 0 Å². The molecule has 19 heavy (non-hydrogen) atoms. The average molecular weight is 262 g/mol. The predicted molar refractivity (Wildman–Crippen MR) is 59.6 cm³/mol. The fourth-order valence-corrected chi connectivity index (χ4v) is 1.33. The fourth-order valence-electron chi connectivity index (χ4n) is 1.33. The van der Waals surface area contributed by atoms with Crippen molar-refractivity contribution in [3.8, 4) is 11.4 Å². The number of hydrogen-bond donors (Lipinski definition) is 0. The van der Waals surface area contributed by atoms with E-state index in [1.54, 1.807) is 0 Å². The van der Waals surface area contributed by atoms with Crippen LogP contribution in [0.3, 0.4) is 0 Å². The molecule has 0 amide bonds. The first kappa shape index (κ1) is 12.6. The molecule has 0 radical (unpaired) electrons. The molecule has 0 aliphatic carbocycles. The fraction of sp³-hybridized carbons (Fsp3) is 0.200. The maximum atomic E-state index is 10.7. The van der Waals surface area contributed by atoms with Crippen LogP contribution in [0.1, 0.15) is 13.0 Å². The molecular weight excluding hydrogens is 254 g/mol. The number of aromatic nitrogens is 4. The Hall–Kier alpha value is -2.84. The van der Waals surface area contributed by atoms with Crippen LogP contribution >= 0.6 is 0 Å². The van der Waals surface area contributed by atoms with E-state index in [4.69, 9.17) is 0 Å². The van der Waals surface area contributed by atoms with Crippen LogP contribution in [0.25, 0.3) is 11.4 Å². The SMILES string of the molecule is C[C@@H](C(=O)[O-])n1nnc(-c2ccc([N+](=O)[O-])cc2)n1. The normalized spacial score (nSPS) is 12.1. The van der Waals surface area contributed by atoms with Crippen LogP contribution in [-0.2, 0) is 4.79 Å². The molecule has 9 nitrogen and oxygen atoms in total. The zero-order valence-corrected chi connectivity index (χ0v) is 9.76. The van der Waals surface area contributed by atoms with Gasteiger partial charge in [0.25, 0.3) is 5.69 Å². The molecule has 1 heterocycles. The molecule has 1 aromatic heterocycles. The van der Waals surface area contributed by atoms with Gasteiger partial charge in [0.1, 0.15) is 6.04 Å². The standard InChI is InChI=1S/C10H9N5O4/c1-6(10(16)17)14-12-9(11-13-14)7-2-4-8(5-3-7)15(18)19/h2-6H,1H3,(H,16,17)/p-1/t6-/m0/s1. The second kappa shape index (κ2) is 4.80. The maximum absolute atomic E-state index is 10.7. The molecule has 0 bridgehead atoms. The number of hydrogen-bond acceptors (Lipinski definition) is 7. The van der Waals surface area contributed by atoms with E-state index in [2.05, 4.69) is 15.4 Å². The van der Waals surface area contributed by atoms with Gasteiger partial charge in [0, 0.05) is 17.7 Å². The highest BCUT2D eigenvalue weighted by atomic mass is 16.6. The summed E-state index contributed by atoms with van der Waals surface area (Å²) < 4.78 is 0. The second-order valence-electron chi connectivity index (χ2n) is 3.73. The summed E-state index contributed by atoms with van der Waals surface area (Å²) in [6.07, 6.45) is 0. The van der Waals surface area contributed by atoms with Gasteiger partial charge < -0.3 is 9.90 Å². The van der Waals surface area contributed by atoms with Crippen molar-refractivity contribution in [3.05, 3.63) is 34.4 Å². The van der Waals surface area contributed by atoms with Gasteiger partial charge in [0.2, 0.25) is 5.82 Å². The first-order chi connectivity index (χ1) is 8.99. The summed E-state index contributed by atoms with van der Waals surface area (Å²) in [5.74, 6) is -1.14. The highest BCUT2D eigenvalue weighted by Crippen LogP contribution is 2.18. The number of non-ortho nitro benzene ring substituents is 1. The average Bonchev–Trinajstić information content (AvgIpc) is 2.87. The Morgan fingerprint density at radius 1 is 1.37 bits per heavy atom. The Kier molecular flexibility index (Phi) is 3.19. The maximum Gasteiger partial charge on any atom is 0.269 e. The van der Waals surface area contributed by atoms with Crippen LogP contribution in [0.2, 0.25) is 0 Å². The third kappa shape index (κ3) is 2.54. The topological polar surface area (TPSA) is 127 Å². The smallest absolute Gasteiger partial charge is 0.269 e. The Morgan fingerprint density at radius 3 is 2.53 bits per heavy atom. The van der Waals surface area contributed by atoms with Gasteiger partial charge in [-0.1, -0.05) is 0 Å². The Balaban J connectivity index is 2.27. The van der Waals surface area contributed by atoms with E-state index in [-0.39, 0.29) is 11.5 Å². The van der Waals surface area contributed by atoms with Crippen LogP contribution in [0.5, 0.6) is 0 Å². The highest BCUT2D eigenvalue weighted by molar-refractivity contribution is 5.68. The first-order valence-electron chi connectivity index (χ1n) is 5.24. The molecule has 2 aromatic rings. The lowest BCUT2D eigenvalue weighted by atomic mass is 10.2. The summed E-state index contributed by atoms with van der Waals surface area (Å²) in [4.78, 5) is 21.5. The summed E-state index contributed by atoms with van der Waals surface area (Å²) in [6, 6.07) is 4.49. The van der Waals surface area contributed by atoms with Gasteiger partial charge in [-0.2, -0.15) is 4.80 Å². The minimum Gasteiger partial charge on any atom is -0.548 e. The van der Waals surface area contributed by atoms with Crippen molar-refractivity contribution in [2.24, 2.45) is 0 Å². The lowest BCUT2D eigenvalue weighted by Crippen LogP contribution is -2.32. The minimum absolute atomic E-state index is 0.0563. The molecule has 0 saturated carbocycles. The van der Waals surface area contributed by atoms with E-state index in [1.165, 1.54) is 31.2 Å². The van der Waals surface area contributed by atoms with E-state index in [0.717, 1.165) is 4.80 Å². The summed E-state index contributed by atoms with van der Waals surface area (Å²) >= 11 is 0. The van der Waals surface area contributed by atoms with Crippen molar-refractivity contribution in [1.29, 1.82) is 0 Å². The van der Waals surface area contributed by atoms with E-state index in [0.29, 0.717) is 5.56 Å². The molecular formula is C10H8N5O4-. The third-order valence-electron chi connectivity index (χ3n) is 2.45. The predicted octanol–water partition coefficient (Wildman–Crippen LogP) is -0.441. The molecule has 1 atom stereocenters. The summed E-state index contributed by atoms with van der Waals surface area (Å²) in [5.41, 5.74) is 0.446. The lowest BCUT2D eigenvalue weighted by Gasteiger charge is -2.09. The van der Waals surface area contributed by atoms with Gasteiger partial charge >= 0.3 is 0 Å². The van der Waals surface area contributed by atoms with Crippen molar-refractivity contribution in [2.45, 2.75) is 13.0 Å². The molecule has 2 rings (SSSR count). The number of aliphatic carboxylic acids is 1. The number of nitro benzene ring substituents is 1. The number of carboxylic acids is 1. The van der Waals surface area contributed by atoms with Crippen LogP contribution in [0.4, 0.5) is 5.69 Å². The molecule has 1 aromatic carbocycles. The highest BCUT2D eigenvalue weighted by Gasteiger charge is 2.13. The van der Waals surface area contributed by atoms with Gasteiger partial charge in [-0.05, 0) is 24.3 Å². The number of carbonyl (C=O) groups is 1. The lowest BCUT2D eigenvalue weighted by molar-refractivity contribution is -0.384. The zero-order chi connectivity index (χ0) is 14.0. The third-order valence-corrected chi connectivity index (χ3v) is 2.45. The van der Waals surface area contributed by atoms with Crippen molar-refractivity contribution >= 4 is 11.7 Å². The number of benzene rings is 1. The Morgan fingerprint density at radius 2 is 2.00 bits per heavy atom. The molecule has 0 aliphatic rings. The molecule has 0 aliphatic heterocycles. The Bertz CT molecular complexity index is 621. The van der Waals surface area contributed by atoms with Gasteiger partial charge in [-0.25, -0.2) is 0 Å². The van der Waals surface area contributed by atoms with Gasteiger partial charge in [-0.3, -0.25) is 10.1 Å². The van der Waals surface area contributed by atoms with Crippen molar-refractivity contribution < 1.29 is 14.8 Å². The van der Waals surface area contributed by atoms with Gasteiger partial charge in [0.05, 0.1) is 10.9 Å². The molecule has 0 unspecified atom stereocenters. The summed E-state index contributed by atoms with van der Waals surface area (Å²) in [7, 11) is 0. The second-order valence-corrected chi connectivity index (χ2v) is 3.73. The molecule has 98 valence electrons. The number of tetrazole rings is 1. The molecule has 0 saturated heterocycles. The Labute approximate surface area is 106 Å². The summed E-state index contributed by atoms with van der Waals surface area (Å²) in [5, 5.41) is 32.3. The van der Waals surface area contributed by atoms with Gasteiger partial charge in [0.15, 0.2) is 0 Å². The number of nitrogens with zero attached hydrogens (tertiary/aromatic N) is 5. The van der Waals surface area contributed by atoms with Crippen molar-refractivity contribution in [2.75, 3.05) is 0 Å². The monoisotopic (exact) mass is 262 g/mol. The number of carbonyl (C=O) groups excluding carboxylic acids is 1. The molecule has 0 N–H and O–H groups in total. The number of nitro groups is 1. The minimum atomic E-state index is -1.33. The van der Waals surface area contributed by atoms with Crippen LogP contribution in [0.15, 0.2) is 24.3 Å². The van der Waals surface area contributed by atoms with Crippen LogP contribution < -0.4 is 5.11 Å². The molecule has 0 fully saturated rings. The largest absolute Gasteiger partial charge is 0.548 e. The number of rotatable bonds is 4. The van der Waals surface area contributed by atoms with Crippen molar-refractivity contribution in [1.82, 2.24) is 20.2 Å². The van der Waals surface area contributed by atoms with Crippen molar-refractivity contribution in [3.63, 3.8) is 0 Å².